The molecule has 3 rings (SSSR count). The fraction of sp³-hybridized carbons (Fsp3) is 0.824. The maximum Gasteiger partial charge on any atom is 0.0948 e. The number of nitrogens with zero attached hydrogens (tertiary/aromatic N) is 2. The maximum atomic E-state index is 4.49. The molecule has 0 aromatic carbocycles. The molecule has 0 spiro atoms. The second-order valence-electron chi connectivity index (χ2n) is 7.28. The number of imidazole rings is 1. The first kappa shape index (κ1) is 14.1. The molecule has 1 aliphatic heterocycles. The highest BCUT2D eigenvalue weighted by Crippen LogP contribution is 2.43. The average Bonchev–Trinajstić information content (AvgIpc) is 3.10. The van der Waals surface area contributed by atoms with Crippen molar-refractivity contribution in [2.24, 2.45) is 5.41 Å². The number of rotatable bonds is 4. The van der Waals surface area contributed by atoms with Crippen molar-refractivity contribution < 1.29 is 0 Å². The Labute approximate surface area is 123 Å². The summed E-state index contributed by atoms with van der Waals surface area (Å²) in [5.41, 5.74) is 2.33. The SMILES string of the molecule is CCC1(Cn2cncc2C2(C)CCNCC2)CCCC1. The number of piperidine rings is 1. The van der Waals surface area contributed by atoms with E-state index in [0.29, 0.717) is 10.8 Å². The smallest absolute Gasteiger partial charge is 0.0948 e. The van der Waals surface area contributed by atoms with Crippen molar-refractivity contribution in [3.8, 4) is 0 Å². The zero-order chi connectivity index (χ0) is 14.1. The van der Waals surface area contributed by atoms with Gasteiger partial charge < -0.3 is 9.88 Å². The van der Waals surface area contributed by atoms with E-state index in [4.69, 9.17) is 0 Å². The van der Waals surface area contributed by atoms with Crippen LogP contribution in [0, 0.1) is 5.41 Å². The molecule has 0 atom stereocenters. The highest BCUT2D eigenvalue weighted by molar-refractivity contribution is 5.16. The number of hydrogen-bond donors (Lipinski definition) is 1. The van der Waals surface area contributed by atoms with Crippen LogP contribution in [0.4, 0.5) is 0 Å². The molecule has 20 heavy (non-hydrogen) atoms. The second-order valence-corrected chi connectivity index (χ2v) is 7.28. The van der Waals surface area contributed by atoms with Gasteiger partial charge in [-0.15, -0.1) is 0 Å². The van der Waals surface area contributed by atoms with Crippen LogP contribution in [0.5, 0.6) is 0 Å². The van der Waals surface area contributed by atoms with E-state index in [1.807, 2.05) is 0 Å². The van der Waals surface area contributed by atoms with Crippen LogP contribution in [0.25, 0.3) is 0 Å². The summed E-state index contributed by atoms with van der Waals surface area (Å²) in [7, 11) is 0. The molecule has 1 saturated carbocycles. The lowest BCUT2D eigenvalue weighted by Crippen LogP contribution is -2.39. The highest BCUT2D eigenvalue weighted by Gasteiger charge is 2.36. The molecule has 0 amide bonds. The Morgan fingerprint density at radius 2 is 1.90 bits per heavy atom. The number of hydrogen-bond acceptors (Lipinski definition) is 2. The number of aromatic nitrogens is 2. The van der Waals surface area contributed by atoms with Gasteiger partial charge in [0.15, 0.2) is 0 Å². The molecule has 112 valence electrons. The Balaban J connectivity index is 1.83. The molecule has 1 saturated heterocycles. The van der Waals surface area contributed by atoms with Gasteiger partial charge in [0.25, 0.3) is 0 Å². The summed E-state index contributed by atoms with van der Waals surface area (Å²) in [5, 5.41) is 3.48. The Morgan fingerprint density at radius 3 is 2.55 bits per heavy atom. The lowest BCUT2D eigenvalue weighted by molar-refractivity contribution is 0.223. The molecule has 1 aliphatic carbocycles. The van der Waals surface area contributed by atoms with Crippen LogP contribution in [-0.2, 0) is 12.0 Å². The predicted molar refractivity (Wildman–Crippen MR) is 82.9 cm³/mol. The normalized spacial score (nSPS) is 24.9. The first-order valence-electron chi connectivity index (χ1n) is 8.39. The molecular formula is C17H29N3. The first-order valence-corrected chi connectivity index (χ1v) is 8.39. The monoisotopic (exact) mass is 275 g/mol. The molecule has 3 nitrogen and oxygen atoms in total. The minimum atomic E-state index is 0.315. The van der Waals surface area contributed by atoms with E-state index in [-0.39, 0.29) is 0 Å². The van der Waals surface area contributed by atoms with Crippen molar-refractivity contribution in [2.45, 2.75) is 70.8 Å². The molecule has 0 unspecified atom stereocenters. The molecule has 1 N–H and O–H groups in total. The van der Waals surface area contributed by atoms with Gasteiger partial charge >= 0.3 is 0 Å². The van der Waals surface area contributed by atoms with Crippen LogP contribution >= 0.6 is 0 Å². The van der Waals surface area contributed by atoms with Crippen LogP contribution in [-0.4, -0.2) is 22.6 Å². The largest absolute Gasteiger partial charge is 0.334 e. The summed E-state index contributed by atoms with van der Waals surface area (Å²) >= 11 is 0. The van der Waals surface area contributed by atoms with Crippen LogP contribution in [0.3, 0.4) is 0 Å². The lowest BCUT2D eigenvalue weighted by atomic mass is 9.77. The third kappa shape index (κ3) is 2.52. The predicted octanol–water partition coefficient (Wildman–Crippen LogP) is 3.49. The summed E-state index contributed by atoms with van der Waals surface area (Å²) in [6.45, 7) is 8.26. The maximum absolute atomic E-state index is 4.49. The van der Waals surface area contributed by atoms with E-state index in [0.717, 1.165) is 13.1 Å². The summed E-state index contributed by atoms with van der Waals surface area (Å²) in [5.74, 6) is 0. The Hall–Kier alpha value is -0.830. The molecule has 0 bridgehead atoms. The van der Waals surface area contributed by atoms with Crippen LogP contribution in [0.15, 0.2) is 12.5 Å². The molecule has 3 heteroatoms. The Morgan fingerprint density at radius 1 is 1.20 bits per heavy atom. The van der Waals surface area contributed by atoms with Gasteiger partial charge in [0.05, 0.1) is 6.33 Å². The molecule has 1 aromatic heterocycles. The van der Waals surface area contributed by atoms with E-state index >= 15 is 0 Å². The minimum absolute atomic E-state index is 0.315. The van der Waals surface area contributed by atoms with Gasteiger partial charge in [-0.1, -0.05) is 26.7 Å². The van der Waals surface area contributed by atoms with E-state index < -0.39 is 0 Å². The summed E-state index contributed by atoms with van der Waals surface area (Å²) in [6, 6.07) is 0. The van der Waals surface area contributed by atoms with Crippen LogP contribution in [0.2, 0.25) is 0 Å². The second kappa shape index (κ2) is 5.51. The van der Waals surface area contributed by atoms with Gasteiger partial charge in [-0.2, -0.15) is 0 Å². The van der Waals surface area contributed by atoms with Gasteiger partial charge in [-0.3, -0.25) is 0 Å². The van der Waals surface area contributed by atoms with Crippen molar-refractivity contribution in [1.29, 1.82) is 0 Å². The first-order chi connectivity index (χ1) is 9.68. The molecule has 0 radical (unpaired) electrons. The quantitative estimate of drug-likeness (QED) is 0.911. The minimum Gasteiger partial charge on any atom is -0.334 e. The number of nitrogens with one attached hydrogen (secondary N) is 1. The van der Waals surface area contributed by atoms with E-state index in [2.05, 4.69) is 41.2 Å². The summed E-state index contributed by atoms with van der Waals surface area (Å²) in [4.78, 5) is 4.49. The van der Waals surface area contributed by atoms with Crippen molar-refractivity contribution in [1.82, 2.24) is 14.9 Å². The Bertz CT molecular complexity index is 437. The fourth-order valence-corrected chi connectivity index (χ4v) is 4.29. The fourth-order valence-electron chi connectivity index (χ4n) is 4.29. The molecule has 2 heterocycles. The van der Waals surface area contributed by atoms with E-state index in [1.165, 1.54) is 57.2 Å². The zero-order valence-corrected chi connectivity index (χ0v) is 13.1. The van der Waals surface area contributed by atoms with Gasteiger partial charge in [0, 0.05) is 23.9 Å². The van der Waals surface area contributed by atoms with Crippen molar-refractivity contribution in [3.63, 3.8) is 0 Å². The van der Waals surface area contributed by atoms with Crippen molar-refractivity contribution >= 4 is 0 Å². The lowest BCUT2D eigenvalue weighted by Gasteiger charge is -2.36. The van der Waals surface area contributed by atoms with Gasteiger partial charge in [-0.05, 0) is 50.6 Å². The topological polar surface area (TPSA) is 29.9 Å². The van der Waals surface area contributed by atoms with Crippen LogP contribution in [0.1, 0.15) is 64.5 Å². The average molecular weight is 275 g/mol. The Kier molecular flexibility index (Phi) is 3.89. The third-order valence-electron chi connectivity index (χ3n) is 5.96. The van der Waals surface area contributed by atoms with Crippen molar-refractivity contribution in [2.75, 3.05) is 13.1 Å². The molecular weight excluding hydrogens is 246 g/mol. The van der Waals surface area contributed by atoms with Gasteiger partial charge in [-0.25, -0.2) is 4.98 Å². The zero-order valence-electron chi connectivity index (χ0n) is 13.1. The molecule has 2 aliphatic rings. The van der Waals surface area contributed by atoms with Crippen LogP contribution < -0.4 is 5.32 Å². The van der Waals surface area contributed by atoms with Gasteiger partial charge in [0.2, 0.25) is 0 Å². The van der Waals surface area contributed by atoms with E-state index in [1.54, 1.807) is 0 Å². The summed E-state index contributed by atoms with van der Waals surface area (Å²) < 4.78 is 2.49. The van der Waals surface area contributed by atoms with Gasteiger partial charge in [0.1, 0.15) is 0 Å². The standard InChI is InChI=1S/C17H29N3/c1-3-17(6-4-5-7-17)13-20-14-19-12-15(20)16(2)8-10-18-11-9-16/h12,14,18H,3-11,13H2,1-2H3. The highest BCUT2D eigenvalue weighted by atomic mass is 15.1. The van der Waals surface area contributed by atoms with E-state index in [9.17, 15) is 0 Å². The summed E-state index contributed by atoms with van der Waals surface area (Å²) in [6.07, 6.45) is 13.6. The molecule has 1 aromatic rings. The molecule has 2 fully saturated rings. The third-order valence-corrected chi connectivity index (χ3v) is 5.96. The van der Waals surface area contributed by atoms with Crippen molar-refractivity contribution in [3.05, 3.63) is 18.2 Å².